The molecule has 0 atom stereocenters. The maximum atomic E-state index is 12.1. The monoisotopic (exact) mass is 331 g/mol. The van der Waals surface area contributed by atoms with Crippen LogP contribution in [-0.2, 0) is 16.0 Å². The molecule has 1 aliphatic heterocycles. The summed E-state index contributed by atoms with van der Waals surface area (Å²) in [5.41, 5.74) is 3.84. The maximum absolute atomic E-state index is 12.1. The summed E-state index contributed by atoms with van der Waals surface area (Å²) < 4.78 is 0. The summed E-state index contributed by atoms with van der Waals surface area (Å²) in [6.07, 6.45) is 2.15. The quantitative estimate of drug-likeness (QED) is 0.860. The molecule has 2 rings (SSSR count). The number of carbonyl (C=O) groups is 2. The molecule has 1 fully saturated rings. The van der Waals surface area contributed by atoms with Gasteiger partial charge in [-0.1, -0.05) is 18.2 Å². The van der Waals surface area contributed by atoms with E-state index in [2.05, 4.69) is 49.3 Å². The van der Waals surface area contributed by atoms with E-state index < -0.39 is 0 Å². The molecule has 0 bridgehead atoms. The molecule has 2 amide bonds. The molecule has 0 aromatic heterocycles. The second-order valence-electron chi connectivity index (χ2n) is 6.73. The van der Waals surface area contributed by atoms with Crippen LogP contribution in [0.3, 0.4) is 0 Å². The number of likely N-dealkylation sites (N-methyl/N-ethyl adjacent to an activating group) is 1. The third kappa shape index (κ3) is 5.64. The van der Waals surface area contributed by atoms with Gasteiger partial charge >= 0.3 is 0 Å². The minimum absolute atomic E-state index is 0.0191. The van der Waals surface area contributed by atoms with Crippen LogP contribution in [0.15, 0.2) is 18.2 Å². The number of nitrogens with zero attached hydrogens (tertiary/aromatic N) is 2. The van der Waals surface area contributed by atoms with Gasteiger partial charge in [-0.25, -0.2) is 0 Å². The SMILES string of the molecule is Cc1ccc(CCCC(=O)NCC(=O)N2CCN(C)CC2)cc1C. The molecule has 0 spiro atoms. The van der Waals surface area contributed by atoms with Gasteiger partial charge in [0.15, 0.2) is 0 Å². The highest BCUT2D eigenvalue weighted by Gasteiger charge is 2.19. The normalized spacial score (nSPS) is 15.4. The molecule has 5 heteroatoms. The van der Waals surface area contributed by atoms with Crippen molar-refractivity contribution >= 4 is 11.8 Å². The van der Waals surface area contributed by atoms with Crippen molar-refractivity contribution in [2.75, 3.05) is 39.8 Å². The summed E-state index contributed by atoms with van der Waals surface area (Å²) in [5.74, 6) is -0.0214. The first kappa shape index (κ1) is 18.5. The Morgan fingerprint density at radius 2 is 1.79 bits per heavy atom. The molecule has 0 saturated carbocycles. The molecule has 1 N–H and O–H groups in total. The smallest absolute Gasteiger partial charge is 0.242 e. The topological polar surface area (TPSA) is 52.7 Å². The minimum atomic E-state index is -0.0405. The number of aryl methyl sites for hydroxylation is 3. The molecule has 1 heterocycles. The largest absolute Gasteiger partial charge is 0.347 e. The number of carbonyl (C=O) groups excluding carboxylic acids is 2. The lowest BCUT2D eigenvalue weighted by Crippen LogP contribution is -2.50. The fourth-order valence-electron chi connectivity index (χ4n) is 2.84. The number of amides is 2. The number of piperazine rings is 1. The lowest BCUT2D eigenvalue weighted by atomic mass is 10.0. The van der Waals surface area contributed by atoms with Gasteiger partial charge in [-0.05, 0) is 50.4 Å². The zero-order valence-corrected chi connectivity index (χ0v) is 15.1. The van der Waals surface area contributed by atoms with Gasteiger partial charge in [0, 0.05) is 32.6 Å². The van der Waals surface area contributed by atoms with E-state index in [0.29, 0.717) is 6.42 Å². The number of hydrogen-bond acceptors (Lipinski definition) is 3. The Morgan fingerprint density at radius 1 is 1.08 bits per heavy atom. The Kier molecular flexibility index (Phi) is 6.79. The summed E-state index contributed by atoms with van der Waals surface area (Å²) >= 11 is 0. The fraction of sp³-hybridized carbons (Fsp3) is 0.579. The van der Waals surface area contributed by atoms with Crippen LogP contribution in [0.4, 0.5) is 0 Å². The Bertz CT molecular complexity index is 578. The van der Waals surface area contributed by atoms with E-state index in [4.69, 9.17) is 0 Å². The molecule has 24 heavy (non-hydrogen) atoms. The van der Waals surface area contributed by atoms with Gasteiger partial charge in [0.1, 0.15) is 0 Å². The zero-order chi connectivity index (χ0) is 17.5. The van der Waals surface area contributed by atoms with E-state index in [0.717, 1.165) is 39.0 Å². The predicted molar refractivity (Wildman–Crippen MR) is 95.9 cm³/mol. The summed E-state index contributed by atoms with van der Waals surface area (Å²) in [4.78, 5) is 28.0. The first-order valence-corrected chi connectivity index (χ1v) is 8.75. The third-order valence-electron chi connectivity index (χ3n) is 4.73. The number of rotatable bonds is 6. The summed E-state index contributed by atoms with van der Waals surface area (Å²) in [6.45, 7) is 7.62. The Morgan fingerprint density at radius 3 is 2.46 bits per heavy atom. The van der Waals surface area contributed by atoms with E-state index in [1.54, 1.807) is 0 Å². The molecular formula is C19H29N3O2. The van der Waals surface area contributed by atoms with Crippen molar-refractivity contribution in [1.82, 2.24) is 15.1 Å². The van der Waals surface area contributed by atoms with Crippen molar-refractivity contribution in [2.24, 2.45) is 0 Å². The first-order valence-electron chi connectivity index (χ1n) is 8.75. The highest BCUT2D eigenvalue weighted by molar-refractivity contribution is 5.84. The van der Waals surface area contributed by atoms with Gasteiger partial charge in [-0.15, -0.1) is 0 Å². The number of benzene rings is 1. The zero-order valence-electron chi connectivity index (χ0n) is 15.1. The van der Waals surface area contributed by atoms with Crippen molar-refractivity contribution in [1.29, 1.82) is 0 Å². The lowest BCUT2D eigenvalue weighted by Gasteiger charge is -2.32. The van der Waals surface area contributed by atoms with Crippen molar-refractivity contribution in [3.63, 3.8) is 0 Å². The van der Waals surface area contributed by atoms with Gasteiger partial charge in [-0.2, -0.15) is 0 Å². The lowest BCUT2D eigenvalue weighted by molar-refractivity contribution is -0.134. The van der Waals surface area contributed by atoms with E-state index in [-0.39, 0.29) is 18.4 Å². The molecular weight excluding hydrogens is 302 g/mol. The maximum Gasteiger partial charge on any atom is 0.242 e. The van der Waals surface area contributed by atoms with Crippen LogP contribution in [0.5, 0.6) is 0 Å². The van der Waals surface area contributed by atoms with Gasteiger partial charge < -0.3 is 15.1 Å². The first-order chi connectivity index (χ1) is 11.5. The van der Waals surface area contributed by atoms with Crippen LogP contribution >= 0.6 is 0 Å². The minimum Gasteiger partial charge on any atom is -0.347 e. The molecule has 1 saturated heterocycles. The average Bonchev–Trinajstić information content (AvgIpc) is 2.56. The van der Waals surface area contributed by atoms with Crippen molar-refractivity contribution in [2.45, 2.75) is 33.1 Å². The molecule has 0 aliphatic carbocycles. The van der Waals surface area contributed by atoms with Gasteiger partial charge in [0.25, 0.3) is 0 Å². The van der Waals surface area contributed by atoms with E-state index in [9.17, 15) is 9.59 Å². The highest BCUT2D eigenvalue weighted by atomic mass is 16.2. The highest BCUT2D eigenvalue weighted by Crippen LogP contribution is 2.12. The molecule has 132 valence electrons. The number of nitrogens with one attached hydrogen (secondary N) is 1. The van der Waals surface area contributed by atoms with Gasteiger partial charge in [-0.3, -0.25) is 9.59 Å². The molecule has 1 aromatic carbocycles. The summed E-state index contributed by atoms with van der Waals surface area (Å²) in [6, 6.07) is 6.43. The van der Waals surface area contributed by atoms with Crippen LogP contribution < -0.4 is 5.32 Å². The molecule has 1 aromatic rings. The third-order valence-corrected chi connectivity index (χ3v) is 4.73. The van der Waals surface area contributed by atoms with E-state index in [1.165, 1.54) is 16.7 Å². The average molecular weight is 331 g/mol. The van der Waals surface area contributed by atoms with Crippen molar-refractivity contribution in [3.05, 3.63) is 34.9 Å². The Balaban J connectivity index is 1.64. The second-order valence-corrected chi connectivity index (χ2v) is 6.73. The predicted octanol–water partition coefficient (Wildman–Crippen LogP) is 1.52. The van der Waals surface area contributed by atoms with Crippen LogP contribution in [0.25, 0.3) is 0 Å². The number of hydrogen-bond donors (Lipinski definition) is 1. The second kappa shape index (κ2) is 8.83. The van der Waals surface area contributed by atoms with Crippen LogP contribution in [0.1, 0.15) is 29.5 Å². The standard InChI is InChI=1S/C19H29N3O2/c1-15-7-8-17(13-16(15)2)5-4-6-18(23)20-14-19(24)22-11-9-21(3)10-12-22/h7-8,13H,4-6,9-12,14H2,1-3H3,(H,20,23). The van der Waals surface area contributed by atoms with Crippen molar-refractivity contribution in [3.8, 4) is 0 Å². The van der Waals surface area contributed by atoms with E-state index in [1.807, 2.05) is 4.90 Å². The van der Waals surface area contributed by atoms with Crippen LogP contribution in [-0.4, -0.2) is 61.4 Å². The van der Waals surface area contributed by atoms with Gasteiger partial charge in [0.2, 0.25) is 11.8 Å². The molecule has 1 aliphatic rings. The van der Waals surface area contributed by atoms with E-state index >= 15 is 0 Å². The Labute approximate surface area is 145 Å². The van der Waals surface area contributed by atoms with Gasteiger partial charge in [0.05, 0.1) is 6.54 Å². The van der Waals surface area contributed by atoms with Crippen LogP contribution in [0, 0.1) is 13.8 Å². The van der Waals surface area contributed by atoms with Crippen molar-refractivity contribution < 1.29 is 9.59 Å². The summed E-state index contributed by atoms with van der Waals surface area (Å²) in [5, 5.41) is 2.75. The molecule has 0 radical (unpaired) electrons. The van der Waals surface area contributed by atoms with Crippen LogP contribution in [0.2, 0.25) is 0 Å². The fourth-order valence-corrected chi connectivity index (χ4v) is 2.84. The molecule has 5 nitrogen and oxygen atoms in total. The molecule has 0 unspecified atom stereocenters. The summed E-state index contributed by atoms with van der Waals surface area (Å²) in [7, 11) is 2.05. The Hall–Kier alpha value is -1.88.